The van der Waals surface area contributed by atoms with Gasteiger partial charge in [-0.15, -0.1) is 0 Å². The molecule has 0 bridgehead atoms. The minimum atomic E-state index is -0.327. The van der Waals surface area contributed by atoms with Crippen molar-refractivity contribution in [1.29, 1.82) is 0 Å². The van der Waals surface area contributed by atoms with Gasteiger partial charge in [0.25, 0.3) is 0 Å². The third-order valence-electron chi connectivity index (χ3n) is 2.71. The Balaban J connectivity index is 2.05. The van der Waals surface area contributed by atoms with Gasteiger partial charge in [-0.25, -0.2) is 9.97 Å². The van der Waals surface area contributed by atoms with Crippen LogP contribution in [-0.4, -0.2) is 27.8 Å². The lowest BCUT2D eigenvalue weighted by Crippen LogP contribution is -2.17. The van der Waals surface area contributed by atoms with E-state index >= 15 is 0 Å². The van der Waals surface area contributed by atoms with Crippen molar-refractivity contribution < 1.29 is 9.53 Å². The molecule has 0 N–H and O–H groups in total. The molecule has 6 heteroatoms. The molecule has 0 aliphatic rings. The smallest absolute Gasteiger partial charge is 0.319 e. The first-order valence-corrected chi connectivity index (χ1v) is 7.77. The van der Waals surface area contributed by atoms with Crippen molar-refractivity contribution in [2.24, 2.45) is 0 Å². The second-order valence-corrected chi connectivity index (χ2v) is 6.02. The molecule has 1 heterocycles. The fourth-order valence-corrected chi connectivity index (χ4v) is 2.47. The van der Waals surface area contributed by atoms with Crippen LogP contribution in [-0.2, 0) is 9.53 Å². The molecule has 1 atom stereocenters. The van der Waals surface area contributed by atoms with E-state index in [1.54, 1.807) is 26.2 Å². The molecule has 0 saturated carbocycles. The second-order valence-electron chi connectivity index (χ2n) is 4.27. The number of rotatable bonds is 5. The molecule has 0 amide bonds. The molecule has 0 spiro atoms. The Labute approximate surface area is 132 Å². The molecule has 110 valence electrons. The molecule has 1 aromatic carbocycles. The number of hydrogen-bond donors (Lipinski definition) is 0. The van der Waals surface area contributed by atoms with Crippen LogP contribution in [0.25, 0.3) is 11.1 Å². The van der Waals surface area contributed by atoms with E-state index in [4.69, 9.17) is 16.3 Å². The van der Waals surface area contributed by atoms with Gasteiger partial charge in [0.15, 0.2) is 5.16 Å². The predicted octanol–water partition coefficient (Wildman–Crippen LogP) is 3.84. The number of ether oxygens (including phenoxy) is 1. The summed E-state index contributed by atoms with van der Waals surface area (Å²) < 4.78 is 4.95. The average molecular weight is 323 g/mol. The molecule has 0 aliphatic heterocycles. The minimum Gasteiger partial charge on any atom is -0.465 e. The summed E-state index contributed by atoms with van der Waals surface area (Å²) in [5.74, 6) is -0.257. The largest absolute Gasteiger partial charge is 0.465 e. The van der Waals surface area contributed by atoms with E-state index in [1.807, 2.05) is 24.3 Å². The van der Waals surface area contributed by atoms with Crippen molar-refractivity contribution in [1.82, 2.24) is 9.97 Å². The highest BCUT2D eigenvalue weighted by molar-refractivity contribution is 8.00. The normalized spacial score (nSPS) is 12.0. The molecular weight excluding hydrogens is 308 g/mol. The molecule has 0 radical (unpaired) electrons. The van der Waals surface area contributed by atoms with Gasteiger partial charge in [0.1, 0.15) is 5.25 Å². The summed E-state index contributed by atoms with van der Waals surface area (Å²) in [6.45, 7) is 3.94. The van der Waals surface area contributed by atoms with E-state index in [9.17, 15) is 4.79 Å². The van der Waals surface area contributed by atoms with E-state index < -0.39 is 0 Å². The van der Waals surface area contributed by atoms with Crippen molar-refractivity contribution >= 4 is 29.3 Å². The van der Waals surface area contributed by atoms with Gasteiger partial charge < -0.3 is 4.74 Å². The van der Waals surface area contributed by atoms with E-state index in [2.05, 4.69) is 9.97 Å². The van der Waals surface area contributed by atoms with E-state index in [0.717, 1.165) is 11.1 Å². The number of thioether (sulfide) groups is 1. The Bertz CT molecular complexity index is 602. The molecule has 0 unspecified atom stereocenters. The van der Waals surface area contributed by atoms with Crippen LogP contribution in [0.3, 0.4) is 0 Å². The predicted molar refractivity (Wildman–Crippen MR) is 84.4 cm³/mol. The summed E-state index contributed by atoms with van der Waals surface area (Å²) in [6.07, 6.45) is 3.47. The fourth-order valence-electron chi connectivity index (χ4n) is 1.63. The van der Waals surface area contributed by atoms with Gasteiger partial charge in [-0.05, 0) is 31.5 Å². The number of nitrogens with zero attached hydrogens (tertiary/aromatic N) is 2. The summed E-state index contributed by atoms with van der Waals surface area (Å²) in [7, 11) is 0. The number of halogens is 1. The monoisotopic (exact) mass is 322 g/mol. The Morgan fingerprint density at radius 2 is 1.86 bits per heavy atom. The Kier molecular flexibility index (Phi) is 5.59. The zero-order valence-electron chi connectivity index (χ0n) is 11.7. The van der Waals surface area contributed by atoms with Gasteiger partial charge in [0, 0.05) is 23.0 Å². The van der Waals surface area contributed by atoms with Crippen LogP contribution in [0.5, 0.6) is 0 Å². The summed E-state index contributed by atoms with van der Waals surface area (Å²) in [5.41, 5.74) is 1.90. The Morgan fingerprint density at radius 3 is 2.43 bits per heavy atom. The zero-order chi connectivity index (χ0) is 15.2. The Morgan fingerprint density at radius 1 is 1.24 bits per heavy atom. The van der Waals surface area contributed by atoms with Gasteiger partial charge in [-0.3, -0.25) is 4.79 Å². The Hall–Kier alpha value is -1.59. The molecule has 2 aromatic rings. The third-order valence-corrected chi connectivity index (χ3v) is 3.93. The van der Waals surface area contributed by atoms with Crippen LogP contribution in [0.1, 0.15) is 13.8 Å². The molecule has 21 heavy (non-hydrogen) atoms. The lowest BCUT2D eigenvalue weighted by molar-refractivity contribution is -0.142. The molecule has 4 nitrogen and oxygen atoms in total. The van der Waals surface area contributed by atoms with Crippen LogP contribution in [0.2, 0.25) is 5.02 Å². The van der Waals surface area contributed by atoms with Crippen LogP contribution < -0.4 is 0 Å². The number of benzene rings is 1. The van der Waals surface area contributed by atoms with Gasteiger partial charge in [-0.2, -0.15) is 0 Å². The number of aromatic nitrogens is 2. The molecule has 0 fully saturated rings. The minimum absolute atomic E-state index is 0.257. The highest BCUT2D eigenvalue weighted by atomic mass is 35.5. The average Bonchev–Trinajstić information content (AvgIpc) is 2.49. The first-order valence-electron chi connectivity index (χ1n) is 6.51. The van der Waals surface area contributed by atoms with Crippen molar-refractivity contribution in [2.45, 2.75) is 24.3 Å². The first kappa shape index (κ1) is 15.8. The number of esters is 1. The first-order chi connectivity index (χ1) is 10.1. The standard InChI is InChI=1S/C15H15ClN2O2S/c1-3-20-14(19)10(2)21-15-17-8-12(9-18-15)11-4-6-13(16)7-5-11/h4-10H,3H2,1-2H3/t10-/m0/s1. The van der Waals surface area contributed by atoms with Gasteiger partial charge in [-0.1, -0.05) is 35.5 Å². The van der Waals surface area contributed by atoms with Gasteiger partial charge in [0.05, 0.1) is 6.61 Å². The summed E-state index contributed by atoms with van der Waals surface area (Å²) in [6, 6.07) is 7.47. The molecule has 2 rings (SSSR count). The van der Waals surface area contributed by atoms with Crippen LogP contribution >= 0.6 is 23.4 Å². The van der Waals surface area contributed by atoms with Crippen LogP contribution in [0.15, 0.2) is 41.8 Å². The third kappa shape index (κ3) is 4.44. The van der Waals surface area contributed by atoms with Crippen LogP contribution in [0.4, 0.5) is 0 Å². The maximum absolute atomic E-state index is 11.6. The lowest BCUT2D eigenvalue weighted by atomic mass is 10.1. The quantitative estimate of drug-likeness (QED) is 0.475. The lowest BCUT2D eigenvalue weighted by Gasteiger charge is -2.09. The van der Waals surface area contributed by atoms with E-state index in [1.165, 1.54) is 11.8 Å². The summed E-state index contributed by atoms with van der Waals surface area (Å²) >= 11 is 7.14. The van der Waals surface area contributed by atoms with E-state index in [-0.39, 0.29) is 11.2 Å². The SMILES string of the molecule is CCOC(=O)[C@H](C)Sc1ncc(-c2ccc(Cl)cc2)cn1. The summed E-state index contributed by atoms with van der Waals surface area (Å²) in [4.78, 5) is 20.1. The summed E-state index contributed by atoms with van der Waals surface area (Å²) in [5, 5.41) is 0.912. The topological polar surface area (TPSA) is 52.1 Å². The maximum atomic E-state index is 11.6. The molecular formula is C15H15ClN2O2S. The van der Waals surface area contributed by atoms with Crippen molar-refractivity contribution in [3.8, 4) is 11.1 Å². The van der Waals surface area contributed by atoms with E-state index in [0.29, 0.717) is 16.8 Å². The molecule has 1 aromatic heterocycles. The molecule has 0 saturated heterocycles. The van der Waals surface area contributed by atoms with Gasteiger partial charge >= 0.3 is 5.97 Å². The number of carbonyl (C=O) groups is 1. The fraction of sp³-hybridized carbons (Fsp3) is 0.267. The van der Waals surface area contributed by atoms with Gasteiger partial charge in [0.2, 0.25) is 0 Å². The maximum Gasteiger partial charge on any atom is 0.319 e. The number of carbonyl (C=O) groups excluding carboxylic acids is 1. The zero-order valence-corrected chi connectivity index (χ0v) is 13.3. The second kappa shape index (κ2) is 7.43. The number of hydrogen-bond acceptors (Lipinski definition) is 5. The van der Waals surface area contributed by atoms with Crippen molar-refractivity contribution in [3.63, 3.8) is 0 Å². The van der Waals surface area contributed by atoms with Crippen LogP contribution in [0, 0.1) is 0 Å². The highest BCUT2D eigenvalue weighted by Crippen LogP contribution is 2.24. The highest BCUT2D eigenvalue weighted by Gasteiger charge is 2.16. The molecule has 0 aliphatic carbocycles. The van der Waals surface area contributed by atoms with Crippen molar-refractivity contribution in [3.05, 3.63) is 41.7 Å². The van der Waals surface area contributed by atoms with Crippen molar-refractivity contribution in [2.75, 3.05) is 6.61 Å².